The van der Waals surface area contributed by atoms with Gasteiger partial charge in [0.15, 0.2) is 6.33 Å². The molecule has 4 aromatic rings. The van der Waals surface area contributed by atoms with Crippen molar-refractivity contribution < 1.29 is 18.8 Å². The van der Waals surface area contributed by atoms with Gasteiger partial charge >= 0.3 is 0 Å². The Morgan fingerprint density at radius 3 is 2.51 bits per heavy atom. The predicted molar refractivity (Wildman–Crippen MR) is 159 cm³/mol. The Balaban J connectivity index is 1.04. The summed E-state index contributed by atoms with van der Waals surface area (Å²) in [6.07, 6.45) is 5.54. The molecule has 11 nitrogen and oxygen atoms in total. The Hall–Kier alpha value is -5.26. The zero-order valence-electron chi connectivity index (χ0n) is 23.8. The summed E-state index contributed by atoms with van der Waals surface area (Å²) in [7, 11) is 0. The number of unbranched alkanes of at least 4 members (excludes halogenated alkanes) is 2. The number of amides is 3. The molecular formula is C31H31FN8O3. The number of nitrogens with one attached hydrogen (secondary N) is 4. The zero-order chi connectivity index (χ0) is 30.3. The summed E-state index contributed by atoms with van der Waals surface area (Å²) >= 11 is 0. The summed E-state index contributed by atoms with van der Waals surface area (Å²) in [5.74, 6) is -0.562. The molecule has 0 unspecified atom stereocenters. The van der Waals surface area contributed by atoms with Gasteiger partial charge in [0, 0.05) is 47.7 Å². The first-order valence-corrected chi connectivity index (χ1v) is 14.0. The van der Waals surface area contributed by atoms with Crippen molar-refractivity contribution in [2.24, 2.45) is 0 Å². The van der Waals surface area contributed by atoms with E-state index < -0.39 is 5.82 Å². The number of hydrogen-bond donors (Lipinski definition) is 4. The molecule has 1 aliphatic rings. The average Bonchev–Trinajstić information content (AvgIpc) is 3.47. The summed E-state index contributed by atoms with van der Waals surface area (Å²) in [5, 5.41) is 23.9. The van der Waals surface area contributed by atoms with Crippen LogP contribution in [0, 0.1) is 19.7 Å². The molecule has 43 heavy (non-hydrogen) atoms. The molecule has 1 aliphatic heterocycles. The van der Waals surface area contributed by atoms with Crippen LogP contribution in [0.25, 0.3) is 23.0 Å². The molecular weight excluding hydrogens is 551 g/mol. The highest BCUT2D eigenvalue weighted by Gasteiger charge is 2.26. The van der Waals surface area contributed by atoms with Gasteiger partial charge in [0.1, 0.15) is 5.82 Å². The van der Waals surface area contributed by atoms with Crippen LogP contribution in [0.3, 0.4) is 0 Å². The molecule has 0 bridgehead atoms. The van der Waals surface area contributed by atoms with Crippen molar-refractivity contribution in [1.29, 1.82) is 0 Å². The maximum atomic E-state index is 13.8. The first kappa shape index (κ1) is 29.2. The Kier molecular flexibility index (Phi) is 8.94. The molecule has 12 heteroatoms. The number of halogens is 1. The lowest BCUT2D eigenvalue weighted by Crippen LogP contribution is -2.25. The molecule has 0 atom stereocenters. The zero-order valence-corrected chi connectivity index (χ0v) is 23.8. The number of fused-ring (bicyclic) bond motifs is 1. The van der Waals surface area contributed by atoms with Crippen LogP contribution in [0.2, 0.25) is 0 Å². The molecule has 0 fully saturated rings. The lowest BCUT2D eigenvalue weighted by Gasteiger charge is -2.07. The summed E-state index contributed by atoms with van der Waals surface area (Å²) in [6.45, 7) is 4.50. The van der Waals surface area contributed by atoms with Crippen molar-refractivity contribution >= 4 is 35.1 Å². The van der Waals surface area contributed by atoms with E-state index in [9.17, 15) is 18.8 Å². The third-order valence-corrected chi connectivity index (χ3v) is 7.23. The number of aromatic amines is 1. The van der Waals surface area contributed by atoms with Crippen molar-refractivity contribution in [2.45, 2.75) is 46.1 Å². The number of aryl methyl sites for hydroxylation is 1. The molecule has 0 radical (unpaired) electrons. The Labute approximate surface area is 247 Å². The minimum Gasteiger partial charge on any atom is -0.358 e. The smallest absolute Gasteiger partial charge is 0.256 e. The van der Waals surface area contributed by atoms with Crippen molar-refractivity contribution in [3.05, 3.63) is 88.3 Å². The van der Waals surface area contributed by atoms with Gasteiger partial charge in [-0.15, -0.1) is 20.4 Å². The Morgan fingerprint density at radius 1 is 0.977 bits per heavy atom. The van der Waals surface area contributed by atoms with Gasteiger partial charge in [-0.25, -0.2) is 4.39 Å². The second kappa shape index (κ2) is 13.1. The number of rotatable bonds is 11. The van der Waals surface area contributed by atoms with Gasteiger partial charge in [0.25, 0.3) is 11.8 Å². The van der Waals surface area contributed by atoms with E-state index in [0.717, 1.165) is 24.0 Å². The van der Waals surface area contributed by atoms with Crippen LogP contribution in [0.4, 0.5) is 10.1 Å². The first-order valence-electron chi connectivity index (χ1n) is 14.0. The number of hydrogen-bond acceptors (Lipinski definition) is 7. The number of anilines is 1. The number of nitrogens with zero attached hydrogens (tertiary/aromatic N) is 4. The number of aromatic nitrogens is 5. The van der Waals surface area contributed by atoms with Gasteiger partial charge in [-0.2, -0.15) is 0 Å². The van der Waals surface area contributed by atoms with Crippen LogP contribution in [0.15, 0.2) is 48.8 Å². The standard InChI is InChI=1S/C31H31FN8O3/c1-18-26(15-24-23-14-22(32)11-12-25(23)38-30(24)42)37-19(2)28(18)31(43)33-13-5-3-4-6-27(41)34-16-20-7-9-21(10-8-20)29-39-35-17-36-40-29/h7-12,14-15,17,37H,3-6,13,16H2,1-2H3,(H,33,43)(H,34,41)(H,38,42)/b24-15-. The maximum absolute atomic E-state index is 13.8. The monoisotopic (exact) mass is 582 g/mol. The SMILES string of the molecule is Cc1[nH]c(/C=C2\C(=O)Nc3ccc(F)cc32)c(C)c1C(=O)NCCCCCC(=O)NCc1ccc(-c2nncnn2)cc1. The molecule has 0 spiro atoms. The van der Waals surface area contributed by atoms with E-state index in [0.29, 0.717) is 71.1 Å². The molecule has 4 N–H and O–H groups in total. The molecule has 5 rings (SSSR count). The van der Waals surface area contributed by atoms with Crippen LogP contribution in [0.1, 0.15) is 64.1 Å². The molecule has 2 aromatic carbocycles. The number of carbonyl (C=O) groups excluding carboxylic acids is 3. The van der Waals surface area contributed by atoms with Crippen molar-refractivity contribution in [3.63, 3.8) is 0 Å². The minimum absolute atomic E-state index is 0.0329. The summed E-state index contributed by atoms with van der Waals surface area (Å²) in [4.78, 5) is 40.9. The summed E-state index contributed by atoms with van der Waals surface area (Å²) in [6, 6.07) is 11.7. The third-order valence-electron chi connectivity index (χ3n) is 7.23. The fraction of sp³-hybridized carbons (Fsp3) is 0.258. The second-order valence-corrected chi connectivity index (χ2v) is 10.3. The normalized spacial score (nSPS) is 13.1. The minimum atomic E-state index is -0.431. The molecule has 0 saturated carbocycles. The van der Waals surface area contributed by atoms with Gasteiger partial charge in [-0.1, -0.05) is 30.7 Å². The maximum Gasteiger partial charge on any atom is 0.256 e. The first-order chi connectivity index (χ1) is 20.8. The summed E-state index contributed by atoms with van der Waals surface area (Å²) < 4.78 is 13.8. The van der Waals surface area contributed by atoms with Gasteiger partial charge in [0.05, 0.1) is 11.1 Å². The topological polar surface area (TPSA) is 155 Å². The van der Waals surface area contributed by atoms with Crippen molar-refractivity contribution in [1.82, 2.24) is 36.0 Å². The van der Waals surface area contributed by atoms with Gasteiger partial charge < -0.3 is 20.9 Å². The Morgan fingerprint density at radius 2 is 1.74 bits per heavy atom. The van der Waals surface area contributed by atoms with E-state index in [2.05, 4.69) is 41.3 Å². The highest BCUT2D eigenvalue weighted by atomic mass is 19.1. The molecule has 220 valence electrons. The van der Waals surface area contributed by atoms with Gasteiger partial charge in [-0.05, 0) is 62.1 Å². The van der Waals surface area contributed by atoms with Crippen LogP contribution in [-0.4, -0.2) is 49.6 Å². The van der Waals surface area contributed by atoms with Gasteiger partial charge in [-0.3, -0.25) is 14.4 Å². The van der Waals surface area contributed by atoms with Crippen molar-refractivity contribution in [3.8, 4) is 11.4 Å². The van der Waals surface area contributed by atoms with E-state index in [-0.39, 0.29) is 17.7 Å². The van der Waals surface area contributed by atoms with E-state index in [1.807, 2.05) is 31.2 Å². The fourth-order valence-electron chi connectivity index (χ4n) is 4.96. The van der Waals surface area contributed by atoms with E-state index in [4.69, 9.17) is 0 Å². The number of benzene rings is 2. The quantitative estimate of drug-likeness (QED) is 0.153. The fourth-order valence-corrected chi connectivity index (χ4v) is 4.96. The highest BCUT2D eigenvalue weighted by molar-refractivity contribution is 6.34. The lowest BCUT2D eigenvalue weighted by molar-refractivity contribution is -0.121. The van der Waals surface area contributed by atoms with E-state index in [1.54, 1.807) is 13.0 Å². The predicted octanol–water partition coefficient (Wildman–Crippen LogP) is 4.12. The van der Waals surface area contributed by atoms with Crippen LogP contribution in [-0.2, 0) is 16.1 Å². The highest BCUT2D eigenvalue weighted by Crippen LogP contribution is 2.34. The Bertz CT molecular complexity index is 1680. The number of H-pyrrole nitrogens is 1. The van der Waals surface area contributed by atoms with Crippen LogP contribution >= 0.6 is 0 Å². The molecule has 3 amide bonds. The second-order valence-electron chi connectivity index (χ2n) is 10.3. The van der Waals surface area contributed by atoms with E-state index >= 15 is 0 Å². The van der Waals surface area contributed by atoms with Gasteiger partial charge in [0.2, 0.25) is 11.7 Å². The van der Waals surface area contributed by atoms with Crippen molar-refractivity contribution in [2.75, 3.05) is 11.9 Å². The molecule has 0 saturated heterocycles. The average molecular weight is 583 g/mol. The van der Waals surface area contributed by atoms with E-state index in [1.165, 1.54) is 24.5 Å². The number of carbonyl (C=O) groups is 3. The third kappa shape index (κ3) is 6.97. The largest absolute Gasteiger partial charge is 0.358 e. The molecule has 3 heterocycles. The van der Waals surface area contributed by atoms with Crippen LogP contribution in [0.5, 0.6) is 0 Å². The summed E-state index contributed by atoms with van der Waals surface area (Å²) in [5.41, 5.74) is 5.63. The van der Waals surface area contributed by atoms with Crippen LogP contribution < -0.4 is 16.0 Å². The molecule has 2 aromatic heterocycles. The molecule has 0 aliphatic carbocycles. The lowest BCUT2D eigenvalue weighted by atomic mass is 10.0.